The van der Waals surface area contributed by atoms with Crippen LogP contribution in [0.4, 0.5) is 0 Å². The van der Waals surface area contributed by atoms with Crippen LogP contribution < -0.4 is 10.7 Å². The summed E-state index contributed by atoms with van der Waals surface area (Å²) >= 11 is 7.37. The highest BCUT2D eigenvalue weighted by molar-refractivity contribution is 7.19. The number of fused-ring (bicyclic) bond motifs is 1. The standard InChI is InChI=1S/C27H29ClN4O3S/c1-17-23(16-31(2)15-22(33)19-8-10-29-11-9-19)36-27-25(17)32(3)14-20(26(27)35)12-24(34)30-13-18-4-6-21(28)7-5-18/h4-11,14,22,33H,12-13,15-16H2,1-3H3,(H,30,34). The lowest BCUT2D eigenvalue weighted by atomic mass is 10.1. The molecular formula is C27H29ClN4O3S. The maximum absolute atomic E-state index is 13.3. The lowest BCUT2D eigenvalue weighted by Gasteiger charge is -2.20. The van der Waals surface area contributed by atoms with Gasteiger partial charge in [-0.2, -0.15) is 0 Å². The van der Waals surface area contributed by atoms with Gasteiger partial charge in [0.15, 0.2) is 0 Å². The predicted octanol–water partition coefficient (Wildman–Crippen LogP) is 3.98. The molecule has 2 N–H and O–H groups in total. The lowest BCUT2D eigenvalue weighted by molar-refractivity contribution is -0.120. The molecule has 9 heteroatoms. The number of aryl methyl sites for hydroxylation is 2. The van der Waals surface area contributed by atoms with E-state index in [-0.39, 0.29) is 17.8 Å². The Hall–Kier alpha value is -3.04. The van der Waals surface area contributed by atoms with Gasteiger partial charge in [-0.15, -0.1) is 11.3 Å². The molecule has 1 aromatic carbocycles. The molecule has 0 saturated heterocycles. The second kappa shape index (κ2) is 11.3. The molecule has 4 aromatic rings. The highest BCUT2D eigenvalue weighted by atomic mass is 35.5. The van der Waals surface area contributed by atoms with Crippen LogP contribution >= 0.6 is 22.9 Å². The van der Waals surface area contributed by atoms with Crippen LogP contribution in [0.15, 0.2) is 59.8 Å². The van der Waals surface area contributed by atoms with Gasteiger partial charge in [-0.3, -0.25) is 19.5 Å². The topological polar surface area (TPSA) is 87.5 Å². The van der Waals surface area contributed by atoms with Crippen LogP contribution in [-0.2, 0) is 31.4 Å². The molecule has 36 heavy (non-hydrogen) atoms. The second-order valence-electron chi connectivity index (χ2n) is 9.00. The summed E-state index contributed by atoms with van der Waals surface area (Å²) in [5, 5.41) is 14.1. The maximum atomic E-state index is 13.3. The van der Waals surface area contributed by atoms with Crippen molar-refractivity contribution in [2.24, 2.45) is 7.05 Å². The Labute approximate surface area is 219 Å². The van der Waals surface area contributed by atoms with Crippen LogP contribution in [0.5, 0.6) is 0 Å². The third kappa shape index (κ3) is 6.02. The summed E-state index contributed by atoms with van der Waals surface area (Å²) in [7, 11) is 3.85. The number of rotatable bonds is 9. The molecule has 188 valence electrons. The van der Waals surface area contributed by atoms with Gasteiger partial charge in [-0.05, 0) is 54.9 Å². The van der Waals surface area contributed by atoms with E-state index >= 15 is 0 Å². The van der Waals surface area contributed by atoms with E-state index in [1.807, 2.05) is 42.6 Å². The molecule has 7 nitrogen and oxygen atoms in total. The van der Waals surface area contributed by atoms with Crippen LogP contribution in [0.3, 0.4) is 0 Å². The molecular weight excluding hydrogens is 496 g/mol. The zero-order valence-corrected chi connectivity index (χ0v) is 22.1. The molecule has 1 unspecified atom stereocenters. The number of aromatic nitrogens is 2. The summed E-state index contributed by atoms with van der Waals surface area (Å²) < 4.78 is 2.58. The zero-order chi connectivity index (χ0) is 25.8. The van der Waals surface area contributed by atoms with Crippen molar-refractivity contribution in [3.8, 4) is 0 Å². The Morgan fingerprint density at radius 1 is 1.22 bits per heavy atom. The fourth-order valence-corrected chi connectivity index (χ4v) is 5.77. The number of carbonyl (C=O) groups is 1. The van der Waals surface area contributed by atoms with Gasteiger partial charge in [0.2, 0.25) is 11.3 Å². The molecule has 1 atom stereocenters. The van der Waals surface area contributed by atoms with E-state index in [1.165, 1.54) is 11.3 Å². The fourth-order valence-electron chi connectivity index (χ4n) is 4.24. The first-order chi connectivity index (χ1) is 17.2. The fraction of sp³-hybridized carbons (Fsp3) is 0.296. The number of nitrogens with zero attached hydrogens (tertiary/aromatic N) is 3. The summed E-state index contributed by atoms with van der Waals surface area (Å²) in [6.07, 6.45) is 4.48. The van der Waals surface area contributed by atoms with Crippen molar-refractivity contribution in [1.29, 1.82) is 0 Å². The highest BCUT2D eigenvalue weighted by Gasteiger charge is 2.19. The van der Waals surface area contributed by atoms with Crippen molar-refractivity contribution in [1.82, 2.24) is 19.8 Å². The number of halogens is 1. The van der Waals surface area contributed by atoms with E-state index < -0.39 is 6.10 Å². The molecule has 0 aliphatic heterocycles. The summed E-state index contributed by atoms with van der Waals surface area (Å²) in [5.41, 5.74) is 4.04. The van der Waals surface area contributed by atoms with Crippen LogP contribution in [-0.4, -0.2) is 39.1 Å². The quantitative estimate of drug-likeness (QED) is 0.346. The Morgan fingerprint density at radius 3 is 2.61 bits per heavy atom. The highest BCUT2D eigenvalue weighted by Crippen LogP contribution is 2.30. The first-order valence-electron chi connectivity index (χ1n) is 11.6. The van der Waals surface area contributed by atoms with Crippen LogP contribution in [0.2, 0.25) is 5.02 Å². The van der Waals surface area contributed by atoms with E-state index in [0.29, 0.717) is 34.9 Å². The number of carbonyl (C=O) groups excluding carboxylic acids is 1. The van der Waals surface area contributed by atoms with Gasteiger partial charge in [0.25, 0.3) is 0 Å². The molecule has 0 radical (unpaired) electrons. The number of thiophene rings is 1. The first kappa shape index (κ1) is 26.0. The number of amides is 1. The van der Waals surface area contributed by atoms with Gasteiger partial charge in [-0.1, -0.05) is 23.7 Å². The minimum atomic E-state index is -0.628. The largest absolute Gasteiger partial charge is 0.387 e. The monoisotopic (exact) mass is 524 g/mol. The van der Waals surface area contributed by atoms with Crippen molar-refractivity contribution in [3.63, 3.8) is 0 Å². The summed E-state index contributed by atoms with van der Waals surface area (Å²) in [5.74, 6) is -0.209. The summed E-state index contributed by atoms with van der Waals surface area (Å²) in [6, 6.07) is 10.9. The van der Waals surface area contributed by atoms with Gasteiger partial charge in [0, 0.05) is 60.7 Å². The molecule has 0 aliphatic carbocycles. The Balaban J connectivity index is 1.47. The molecule has 0 spiro atoms. The zero-order valence-electron chi connectivity index (χ0n) is 20.5. The molecule has 0 saturated carbocycles. The van der Waals surface area contributed by atoms with Crippen LogP contribution in [0.1, 0.15) is 33.2 Å². The molecule has 4 rings (SSSR count). The van der Waals surface area contributed by atoms with Gasteiger partial charge in [0.05, 0.1) is 22.7 Å². The third-order valence-electron chi connectivity index (χ3n) is 6.16. The van der Waals surface area contributed by atoms with E-state index in [2.05, 4.69) is 10.3 Å². The van der Waals surface area contributed by atoms with E-state index in [1.54, 1.807) is 42.9 Å². The number of pyridine rings is 2. The van der Waals surface area contributed by atoms with Crippen molar-refractivity contribution in [2.45, 2.75) is 32.5 Å². The number of aliphatic hydroxyl groups is 1. The number of nitrogens with one attached hydrogen (secondary N) is 1. The maximum Gasteiger partial charge on any atom is 0.224 e. The van der Waals surface area contributed by atoms with Crippen LogP contribution in [0, 0.1) is 6.92 Å². The van der Waals surface area contributed by atoms with E-state index in [0.717, 1.165) is 27.1 Å². The minimum absolute atomic E-state index is 0.0144. The number of aliphatic hydroxyl groups excluding tert-OH is 1. The Kier molecular flexibility index (Phi) is 8.21. The third-order valence-corrected chi connectivity index (χ3v) is 7.67. The number of hydrogen-bond acceptors (Lipinski definition) is 6. The van der Waals surface area contributed by atoms with E-state index in [9.17, 15) is 14.7 Å². The van der Waals surface area contributed by atoms with Crippen molar-refractivity contribution >= 4 is 39.1 Å². The Bertz CT molecular complexity index is 1420. The first-order valence-corrected chi connectivity index (χ1v) is 12.8. The molecule has 0 aliphatic rings. The predicted molar refractivity (Wildman–Crippen MR) is 144 cm³/mol. The number of likely N-dealkylation sites (N-methyl/N-ethyl adjacent to an activating group) is 1. The second-order valence-corrected chi connectivity index (χ2v) is 10.5. The molecule has 3 aromatic heterocycles. The molecule has 3 heterocycles. The van der Waals surface area contributed by atoms with Gasteiger partial charge >= 0.3 is 0 Å². The summed E-state index contributed by atoms with van der Waals surface area (Å²) in [6.45, 7) is 3.44. The van der Waals surface area contributed by atoms with Gasteiger partial charge in [-0.25, -0.2) is 0 Å². The van der Waals surface area contributed by atoms with Gasteiger partial charge in [0.1, 0.15) is 0 Å². The smallest absolute Gasteiger partial charge is 0.224 e. The number of benzene rings is 1. The average Bonchev–Trinajstić information content (AvgIpc) is 3.18. The molecule has 0 fully saturated rings. The lowest BCUT2D eigenvalue weighted by Crippen LogP contribution is -2.27. The van der Waals surface area contributed by atoms with Crippen molar-refractivity contribution in [2.75, 3.05) is 13.6 Å². The van der Waals surface area contributed by atoms with Crippen LogP contribution in [0.25, 0.3) is 10.2 Å². The van der Waals surface area contributed by atoms with E-state index in [4.69, 9.17) is 11.6 Å². The van der Waals surface area contributed by atoms with Crippen molar-refractivity contribution in [3.05, 3.63) is 97.4 Å². The Morgan fingerprint density at radius 2 is 1.92 bits per heavy atom. The summed E-state index contributed by atoms with van der Waals surface area (Å²) in [4.78, 5) is 33.0. The SMILES string of the molecule is Cc1c(CN(C)CC(O)c2ccncc2)sc2c(=O)c(CC(=O)NCc3ccc(Cl)cc3)cn(C)c12. The molecule has 0 bridgehead atoms. The average molecular weight is 525 g/mol. The normalized spacial score (nSPS) is 12.3. The minimum Gasteiger partial charge on any atom is -0.387 e. The molecule has 1 amide bonds. The van der Waals surface area contributed by atoms with Crippen molar-refractivity contribution < 1.29 is 9.90 Å². The number of hydrogen-bond donors (Lipinski definition) is 2. The van der Waals surface area contributed by atoms with Gasteiger partial charge < -0.3 is 15.0 Å².